The molecule has 1 fully saturated rings. The number of benzene rings is 4. The van der Waals surface area contributed by atoms with E-state index in [1.807, 2.05) is 48.5 Å². The predicted molar refractivity (Wildman–Crippen MR) is 225 cm³/mol. The molecule has 1 saturated heterocycles. The first-order valence-electron chi connectivity index (χ1n) is 20.1. The highest BCUT2D eigenvalue weighted by Gasteiger charge is 2.56. The van der Waals surface area contributed by atoms with E-state index in [-0.39, 0.29) is 53.9 Å². The summed E-state index contributed by atoms with van der Waals surface area (Å²) >= 11 is 0. The molecule has 2 aliphatic rings. The summed E-state index contributed by atoms with van der Waals surface area (Å²) in [6.45, 7) is 2.48. The zero-order chi connectivity index (χ0) is 47.5. The molecule has 0 radical (unpaired) electrons. The molecule has 1 aliphatic heterocycles. The highest BCUT2D eigenvalue weighted by molar-refractivity contribution is 5.92. The predicted octanol–water partition coefficient (Wildman–Crippen LogP) is 5.25. The normalized spacial score (nSPS) is 18.2. The van der Waals surface area contributed by atoms with Crippen LogP contribution in [-0.2, 0) is 63.7 Å². The van der Waals surface area contributed by atoms with E-state index in [0.717, 1.165) is 62.3 Å². The number of amides is 2. The van der Waals surface area contributed by atoms with E-state index in [2.05, 4.69) is 10.6 Å². The van der Waals surface area contributed by atoms with Gasteiger partial charge in [-0.05, 0) is 52.1 Å². The summed E-state index contributed by atoms with van der Waals surface area (Å²) in [6.07, 6.45) is -10.9. The second-order valence-corrected chi connectivity index (χ2v) is 14.6. The van der Waals surface area contributed by atoms with Crippen LogP contribution in [0.5, 0.6) is 11.5 Å². The highest BCUT2D eigenvalue weighted by Crippen LogP contribution is 2.44. The molecule has 66 heavy (non-hydrogen) atoms. The SMILES string of the molecule is COC(=O)[C@H]1OC(Oc2ccc(COC(=O)Oc3ccc([N+](=O)[O-])cc3)cc2NC(=O)CCNC(=O)OCC2c3ccccc3-c3ccccc32)[C@H](OC(C)=O)[C@@H](OC(C)=O)[C@@H]1OC(C)=O. The highest BCUT2D eigenvalue weighted by atomic mass is 16.7. The molecular formula is C45H43N3O18. The molecule has 346 valence electrons. The summed E-state index contributed by atoms with van der Waals surface area (Å²) in [5.74, 6) is -4.94. The minimum Gasteiger partial charge on any atom is -0.467 e. The third-order valence-corrected chi connectivity index (χ3v) is 9.97. The van der Waals surface area contributed by atoms with Crippen LogP contribution in [0.3, 0.4) is 0 Å². The van der Waals surface area contributed by atoms with E-state index in [0.29, 0.717) is 0 Å². The standard InChI is InChI=1S/C45H43N3O18/c1-24(49)61-38-39(62-25(2)50)41(63-26(3)51)43(66-40(38)42(53)58-4)65-36-18-13-27(22-60-45(55)64-29-16-14-28(15-17-29)48(56)57)21-35(36)47-37(52)19-20-46-44(54)59-23-34-32-11-7-5-9-30(32)31-10-6-8-12-33(31)34/h5-18,21,34,38-41,43H,19-20,22-23H2,1-4H3,(H,46,54)(H,47,52)/t38-,39-,40-,41+,43?/m0/s1. The molecular weight excluding hydrogens is 870 g/mol. The Balaban J connectivity index is 1.18. The molecule has 4 aromatic rings. The molecule has 0 bridgehead atoms. The number of nitrogens with zero attached hydrogens (tertiary/aromatic N) is 1. The van der Waals surface area contributed by atoms with Gasteiger partial charge < -0.3 is 53.3 Å². The van der Waals surface area contributed by atoms with Crippen LogP contribution in [-0.4, -0.2) is 97.9 Å². The van der Waals surface area contributed by atoms with Gasteiger partial charge in [0.05, 0.1) is 17.7 Å². The molecule has 5 atom stereocenters. The Morgan fingerprint density at radius 2 is 1.35 bits per heavy atom. The summed E-state index contributed by atoms with van der Waals surface area (Å²) < 4.78 is 48.9. The zero-order valence-electron chi connectivity index (χ0n) is 35.7. The lowest BCUT2D eigenvalue weighted by molar-refractivity contribution is -0.384. The Morgan fingerprint density at radius 1 is 0.742 bits per heavy atom. The second kappa shape index (κ2) is 21.5. The quantitative estimate of drug-likeness (QED) is 0.0478. The van der Waals surface area contributed by atoms with Crippen LogP contribution in [0.2, 0.25) is 0 Å². The third kappa shape index (κ3) is 11.9. The number of nitro benzene ring substituents is 1. The van der Waals surface area contributed by atoms with Gasteiger partial charge in [0.2, 0.25) is 18.3 Å². The summed E-state index contributed by atoms with van der Waals surface area (Å²) in [7, 11) is 1.02. The number of alkyl carbamates (subject to hydrolysis) is 1. The van der Waals surface area contributed by atoms with Crippen molar-refractivity contribution < 1.29 is 81.1 Å². The first-order chi connectivity index (χ1) is 31.6. The van der Waals surface area contributed by atoms with Crippen molar-refractivity contribution in [2.24, 2.45) is 0 Å². The second-order valence-electron chi connectivity index (χ2n) is 14.6. The molecule has 0 aromatic heterocycles. The van der Waals surface area contributed by atoms with Gasteiger partial charge in [0.25, 0.3) is 5.69 Å². The van der Waals surface area contributed by atoms with E-state index in [4.69, 9.17) is 42.6 Å². The smallest absolute Gasteiger partial charge is 0.467 e. The Kier molecular flexibility index (Phi) is 15.5. The van der Waals surface area contributed by atoms with Gasteiger partial charge in [-0.1, -0.05) is 54.6 Å². The molecule has 0 saturated carbocycles. The average Bonchev–Trinajstić information content (AvgIpc) is 3.60. The molecule has 1 unspecified atom stereocenters. The Morgan fingerprint density at radius 3 is 1.95 bits per heavy atom. The van der Waals surface area contributed by atoms with Gasteiger partial charge in [-0.3, -0.25) is 29.3 Å². The van der Waals surface area contributed by atoms with Gasteiger partial charge in [-0.25, -0.2) is 14.4 Å². The van der Waals surface area contributed by atoms with Crippen molar-refractivity contribution >= 4 is 53.4 Å². The molecule has 2 N–H and O–H groups in total. The fraction of sp³-hybridized carbons (Fsp3) is 0.311. The molecule has 21 nitrogen and oxygen atoms in total. The van der Waals surface area contributed by atoms with Crippen molar-refractivity contribution in [2.75, 3.05) is 25.6 Å². The fourth-order valence-corrected chi connectivity index (χ4v) is 7.21. The van der Waals surface area contributed by atoms with Gasteiger partial charge in [0, 0.05) is 51.8 Å². The number of rotatable bonds is 16. The lowest BCUT2D eigenvalue weighted by Gasteiger charge is -2.43. The number of carbonyl (C=O) groups is 7. The number of ether oxygens (including phenoxy) is 9. The van der Waals surface area contributed by atoms with Gasteiger partial charge in [0.15, 0.2) is 18.3 Å². The maximum absolute atomic E-state index is 13.5. The first kappa shape index (κ1) is 47.4. The van der Waals surface area contributed by atoms with Crippen LogP contribution >= 0.6 is 0 Å². The van der Waals surface area contributed by atoms with Crippen LogP contribution < -0.4 is 20.1 Å². The number of hydrogen-bond acceptors (Lipinski definition) is 18. The van der Waals surface area contributed by atoms with Gasteiger partial charge in [-0.15, -0.1) is 0 Å². The zero-order valence-corrected chi connectivity index (χ0v) is 35.7. The van der Waals surface area contributed by atoms with Crippen molar-refractivity contribution in [3.8, 4) is 22.6 Å². The lowest BCUT2D eigenvalue weighted by atomic mass is 9.97. The monoisotopic (exact) mass is 913 g/mol. The number of methoxy groups -OCH3 is 1. The largest absolute Gasteiger partial charge is 0.514 e. The third-order valence-electron chi connectivity index (χ3n) is 9.97. The average molecular weight is 914 g/mol. The number of nitrogens with one attached hydrogen (secondary N) is 2. The lowest BCUT2D eigenvalue weighted by Crippen LogP contribution is -2.64. The van der Waals surface area contributed by atoms with Crippen molar-refractivity contribution in [1.29, 1.82) is 0 Å². The summed E-state index contributed by atoms with van der Waals surface area (Å²) in [6, 6.07) is 24.3. The van der Waals surface area contributed by atoms with Crippen LogP contribution in [0.1, 0.15) is 49.8 Å². The van der Waals surface area contributed by atoms with Crippen LogP contribution in [0.25, 0.3) is 11.1 Å². The number of anilines is 1. The summed E-state index contributed by atoms with van der Waals surface area (Å²) in [5, 5.41) is 16.2. The number of fused-ring (bicyclic) bond motifs is 3. The van der Waals surface area contributed by atoms with E-state index < -0.39 is 84.3 Å². The number of hydrogen-bond donors (Lipinski definition) is 2. The van der Waals surface area contributed by atoms with Crippen molar-refractivity contribution in [3.05, 3.63) is 118 Å². The number of esters is 4. The number of non-ortho nitro benzene ring substituents is 1. The minimum absolute atomic E-state index is 0.0391. The number of carbonyl (C=O) groups excluding carboxylic acids is 7. The molecule has 1 aliphatic carbocycles. The Bertz CT molecular complexity index is 2450. The molecule has 0 spiro atoms. The molecule has 2 amide bonds. The summed E-state index contributed by atoms with van der Waals surface area (Å²) in [5.41, 5.74) is 4.05. The maximum Gasteiger partial charge on any atom is 0.514 e. The molecule has 6 rings (SSSR count). The fourth-order valence-electron chi connectivity index (χ4n) is 7.21. The van der Waals surface area contributed by atoms with Crippen molar-refractivity contribution in [2.45, 2.75) is 70.4 Å². The summed E-state index contributed by atoms with van der Waals surface area (Å²) in [4.78, 5) is 99.1. The Labute approximate surface area is 375 Å². The van der Waals surface area contributed by atoms with E-state index in [1.165, 1.54) is 30.3 Å². The van der Waals surface area contributed by atoms with Gasteiger partial charge >= 0.3 is 36.1 Å². The topological polar surface area (TPSA) is 270 Å². The van der Waals surface area contributed by atoms with Crippen molar-refractivity contribution in [3.63, 3.8) is 0 Å². The molecule has 4 aromatic carbocycles. The van der Waals surface area contributed by atoms with E-state index in [1.54, 1.807) is 0 Å². The first-order valence-corrected chi connectivity index (χ1v) is 20.1. The van der Waals surface area contributed by atoms with E-state index in [9.17, 15) is 43.7 Å². The van der Waals surface area contributed by atoms with E-state index >= 15 is 0 Å². The minimum atomic E-state index is -1.81. The molecule has 21 heteroatoms. The van der Waals surface area contributed by atoms with Gasteiger partial charge in [0.1, 0.15) is 24.7 Å². The van der Waals surface area contributed by atoms with Crippen LogP contribution in [0.15, 0.2) is 91.0 Å². The van der Waals surface area contributed by atoms with Crippen molar-refractivity contribution in [1.82, 2.24) is 5.32 Å². The van der Waals surface area contributed by atoms with Gasteiger partial charge in [-0.2, -0.15) is 0 Å². The Hall–Kier alpha value is -8.07. The van der Waals surface area contributed by atoms with Crippen LogP contribution in [0.4, 0.5) is 21.0 Å². The molecule has 1 heterocycles. The number of nitro groups is 1. The maximum atomic E-state index is 13.5. The van der Waals surface area contributed by atoms with Crippen LogP contribution in [0, 0.1) is 10.1 Å².